The molecule has 0 aliphatic carbocycles. The predicted molar refractivity (Wildman–Crippen MR) is 81.2 cm³/mol. The zero-order valence-corrected chi connectivity index (χ0v) is 12.8. The molecule has 0 aliphatic rings. The summed E-state index contributed by atoms with van der Waals surface area (Å²) in [7, 11) is 2.03. The van der Waals surface area contributed by atoms with E-state index in [0.717, 1.165) is 38.0 Å². The van der Waals surface area contributed by atoms with Crippen molar-refractivity contribution < 1.29 is 9.50 Å². The molecule has 3 nitrogen and oxygen atoms in total. The van der Waals surface area contributed by atoms with Crippen molar-refractivity contribution in [3.05, 3.63) is 35.6 Å². The molecular formula is C16H27FN2O. The summed E-state index contributed by atoms with van der Waals surface area (Å²) < 4.78 is 13.9. The zero-order valence-electron chi connectivity index (χ0n) is 12.8. The van der Waals surface area contributed by atoms with Crippen LogP contribution in [0.2, 0.25) is 0 Å². The Morgan fingerprint density at radius 2 is 1.90 bits per heavy atom. The maximum absolute atomic E-state index is 13.9. The van der Waals surface area contributed by atoms with Gasteiger partial charge in [-0.3, -0.25) is 0 Å². The van der Waals surface area contributed by atoms with Crippen LogP contribution in [-0.2, 0) is 0 Å². The normalized spacial score (nSPS) is 14.5. The average Bonchev–Trinajstić information content (AvgIpc) is 2.42. The fourth-order valence-corrected chi connectivity index (χ4v) is 2.24. The molecule has 114 valence electrons. The monoisotopic (exact) mass is 282 g/mol. The van der Waals surface area contributed by atoms with Crippen LogP contribution in [0.4, 0.5) is 4.39 Å². The van der Waals surface area contributed by atoms with Gasteiger partial charge in [-0.25, -0.2) is 4.39 Å². The van der Waals surface area contributed by atoms with Gasteiger partial charge in [0.25, 0.3) is 0 Å². The fraction of sp³-hybridized carbons (Fsp3) is 0.625. The molecule has 0 saturated heterocycles. The van der Waals surface area contributed by atoms with E-state index in [1.165, 1.54) is 6.07 Å². The van der Waals surface area contributed by atoms with E-state index in [1.807, 2.05) is 26.1 Å². The van der Waals surface area contributed by atoms with Gasteiger partial charge in [0, 0.05) is 18.2 Å². The van der Waals surface area contributed by atoms with Crippen molar-refractivity contribution in [3.63, 3.8) is 0 Å². The molecule has 1 aromatic carbocycles. The van der Waals surface area contributed by atoms with Gasteiger partial charge in [0.1, 0.15) is 5.82 Å². The van der Waals surface area contributed by atoms with Crippen LogP contribution < -0.4 is 5.32 Å². The highest BCUT2D eigenvalue weighted by atomic mass is 19.1. The third-order valence-corrected chi connectivity index (χ3v) is 3.46. The van der Waals surface area contributed by atoms with Crippen LogP contribution in [0, 0.1) is 5.82 Å². The minimum Gasteiger partial charge on any atom is -0.393 e. The van der Waals surface area contributed by atoms with Crippen molar-refractivity contribution in [1.82, 2.24) is 10.2 Å². The summed E-state index contributed by atoms with van der Waals surface area (Å²) in [4.78, 5) is 2.18. The maximum atomic E-state index is 13.9. The molecule has 4 heteroatoms. The number of aliphatic hydroxyl groups is 1. The van der Waals surface area contributed by atoms with Crippen LogP contribution >= 0.6 is 0 Å². The van der Waals surface area contributed by atoms with Crippen molar-refractivity contribution in [3.8, 4) is 0 Å². The van der Waals surface area contributed by atoms with Crippen LogP contribution in [0.5, 0.6) is 0 Å². The number of hydrogen-bond donors (Lipinski definition) is 2. The molecule has 0 aromatic heterocycles. The first-order chi connectivity index (χ1) is 9.54. The SMILES string of the molecule is CCNC(CCN(C)CCC(C)O)c1ccccc1F. The Labute approximate surface area is 121 Å². The van der Waals surface area contributed by atoms with Gasteiger partial charge >= 0.3 is 0 Å². The highest BCUT2D eigenvalue weighted by Gasteiger charge is 2.15. The smallest absolute Gasteiger partial charge is 0.127 e. The minimum atomic E-state index is -0.270. The third kappa shape index (κ3) is 5.99. The zero-order chi connectivity index (χ0) is 15.0. The van der Waals surface area contributed by atoms with E-state index in [2.05, 4.69) is 10.2 Å². The molecule has 0 radical (unpaired) electrons. The molecule has 2 N–H and O–H groups in total. The van der Waals surface area contributed by atoms with Gasteiger partial charge in [-0.15, -0.1) is 0 Å². The van der Waals surface area contributed by atoms with Crippen molar-refractivity contribution in [1.29, 1.82) is 0 Å². The summed E-state index contributed by atoms with van der Waals surface area (Å²) in [6.45, 7) is 6.38. The summed E-state index contributed by atoms with van der Waals surface area (Å²) >= 11 is 0. The van der Waals surface area contributed by atoms with Gasteiger partial charge in [-0.2, -0.15) is 0 Å². The van der Waals surface area contributed by atoms with E-state index >= 15 is 0 Å². The van der Waals surface area contributed by atoms with Gasteiger partial charge in [0.15, 0.2) is 0 Å². The summed E-state index contributed by atoms with van der Waals surface area (Å²) in [6, 6.07) is 6.99. The van der Waals surface area contributed by atoms with E-state index in [9.17, 15) is 9.50 Å². The maximum Gasteiger partial charge on any atom is 0.127 e. The summed E-state index contributed by atoms with van der Waals surface area (Å²) in [5.74, 6) is -0.148. The molecular weight excluding hydrogens is 255 g/mol. The van der Waals surface area contributed by atoms with E-state index in [-0.39, 0.29) is 18.0 Å². The Morgan fingerprint density at radius 1 is 1.25 bits per heavy atom. The quantitative estimate of drug-likeness (QED) is 0.731. The van der Waals surface area contributed by atoms with Crippen molar-refractivity contribution in [2.45, 2.75) is 38.8 Å². The highest BCUT2D eigenvalue weighted by Crippen LogP contribution is 2.20. The topological polar surface area (TPSA) is 35.5 Å². The lowest BCUT2D eigenvalue weighted by Crippen LogP contribution is -2.29. The number of nitrogens with one attached hydrogen (secondary N) is 1. The molecule has 1 rings (SSSR count). The summed E-state index contributed by atoms with van der Waals surface area (Å²) in [5, 5.41) is 12.6. The number of halogens is 1. The van der Waals surface area contributed by atoms with E-state index in [4.69, 9.17) is 0 Å². The Hall–Kier alpha value is -0.970. The predicted octanol–water partition coefficient (Wildman–Crippen LogP) is 2.57. The van der Waals surface area contributed by atoms with Crippen molar-refractivity contribution >= 4 is 0 Å². The van der Waals surface area contributed by atoms with E-state index in [1.54, 1.807) is 13.0 Å². The second kappa shape index (κ2) is 9.06. The molecule has 0 saturated carbocycles. The standard InChI is InChI=1S/C16H27FN2O/c1-4-18-16(14-7-5-6-8-15(14)17)10-12-19(3)11-9-13(2)20/h5-8,13,16,18,20H,4,9-12H2,1-3H3. The lowest BCUT2D eigenvalue weighted by atomic mass is 10.0. The van der Waals surface area contributed by atoms with Crippen LogP contribution in [0.25, 0.3) is 0 Å². The number of rotatable bonds is 9. The van der Waals surface area contributed by atoms with E-state index < -0.39 is 0 Å². The van der Waals surface area contributed by atoms with Gasteiger partial charge in [0.05, 0.1) is 6.10 Å². The molecule has 2 atom stereocenters. The van der Waals surface area contributed by atoms with Crippen LogP contribution in [0.3, 0.4) is 0 Å². The summed E-state index contributed by atoms with van der Waals surface area (Å²) in [5.41, 5.74) is 0.735. The number of nitrogens with zero attached hydrogens (tertiary/aromatic N) is 1. The minimum absolute atomic E-state index is 0.0372. The molecule has 2 unspecified atom stereocenters. The van der Waals surface area contributed by atoms with Gasteiger partial charge in [0.2, 0.25) is 0 Å². The largest absolute Gasteiger partial charge is 0.393 e. The van der Waals surface area contributed by atoms with Crippen LogP contribution in [-0.4, -0.2) is 42.8 Å². The first-order valence-electron chi connectivity index (χ1n) is 7.39. The lowest BCUT2D eigenvalue weighted by Gasteiger charge is -2.23. The highest BCUT2D eigenvalue weighted by molar-refractivity contribution is 5.21. The van der Waals surface area contributed by atoms with Crippen molar-refractivity contribution in [2.75, 3.05) is 26.7 Å². The first-order valence-corrected chi connectivity index (χ1v) is 7.39. The van der Waals surface area contributed by atoms with Crippen LogP contribution in [0.1, 0.15) is 38.3 Å². The Morgan fingerprint density at radius 3 is 2.50 bits per heavy atom. The molecule has 1 aromatic rings. The van der Waals surface area contributed by atoms with Gasteiger partial charge in [-0.1, -0.05) is 25.1 Å². The number of hydrogen-bond acceptors (Lipinski definition) is 3. The third-order valence-electron chi connectivity index (χ3n) is 3.46. The molecule has 0 aliphatic heterocycles. The van der Waals surface area contributed by atoms with Crippen molar-refractivity contribution in [2.24, 2.45) is 0 Å². The second-order valence-corrected chi connectivity index (χ2v) is 5.36. The van der Waals surface area contributed by atoms with Crippen LogP contribution in [0.15, 0.2) is 24.3 Å². The molecule has 0 amide bonds. The first kappa shape index (κ1) is 17.1. The molecule has 0 bridgehead atoms. The van der Waals surface area contributed by atoms with Gasteiger partial charge < -0.3 is 15.3 Å². The Balaban J connectivity index is 2.53. The second-order valence-electron chi connectivity index (χ2n) is 5.36. The molecule has 0 fully saturated rings. The lowest BCUT2D eigenvalue weighted by molar-refractivity contribution is 0.163. The molecule has 0 spiro atoms. The molecule has 20 heavy (non-hydrogen) atoms. The summed E-state index contributed by atoms with van der Waals surface area (Å²) in [6.07, 6.45) is 1.35. The average molecular weight is 282 g/mol. The van der Waals surface area contributed by atoms with Gasteiger partial charge in [-0.05, 0) is 46.0 Å². The molecule has 0 heterocycles. The Bertz CT molecular complexity index is 384. The number of benzene rings is 1. The fourth-order valence-electron chi connectivity index (χ4n) is 2.24. The number of aliphatic hydroxyl groups excluding tert-OH is 1. The Kier molecular flexibility index (Phi) is 7.73. The van der Waals surface area contributed by atoms with E-state index in [0.29, 0.717) is 0 Å².